The van der Waals surface area contributed by atoms with Crippen LogP contribution in [0.3, 0.4) is 0 Å². The third-order valence-corrected chi connectivity index (χ3v) is 5.11. The van der Waals surface area contributed by atoms with Crippen molar-refractivity contribution in [2.45, 2.75) is 18.9 Å². The number of hydrogen-bond donors (Lipinski definition) is 3. The molecule has 6 heteroatoms. The first-order valence-electron chi connectivity index (χ1n) is 10.2. The summed E-state index contributed by atoms with van der Waals surface area (Å²) >= 11 is 5.97. The van der Waals surface area contributed by atoms with Crippen molar-refractivity contribution in [2.75, 3.05) is 19.7 Å². The number of aliphatic hydroxyl groups excluding tert-OH is 1. The number of carboxylic acids is 1. The summed E-state index contributed by atoms with van der Waals surface area (Å²) in [5.74, 6) is -0.439. The minimum atomic E-state index is -0.989. The molecular formula is C25H26ClNO4. The van der Waals surface area contributed by atoms with E-state index >= 15 is 0 Å². The molecule has 0 fully saturated rings. The Hall–Kier alpha value is -2.86. The van der Waals surface area contributed by atoms with Crippen LogP contribution >= 0.6 is 11.6 Å². The maximum absolute atomic E-state index is 10.5. The second-order valence-electron chi connectivity index (χ2n) is 7.34. The van der Waals surface area contributed by atoms with Crippen molar-refractivity contribution < 1.29 is 19.7 Å². The van der Waals surface area contributed by atoms with Gasteiger partial charge in [-0.2, -0.15) is 0 Å². The number of ether oxygens (including phenoxy) is 1. The molecule has 0 aliphatic heterocycles. The second-order valence-corrected chi connectivity index (χ2v) is 7.78. The van der Waals surface area contributed by atoms with Gasteiger partial charge >= 0.3 is 5.97 Å². The van der Waals surface area contributed by atoms with E-state index in [9.17, 15) is 9.90 Å². The van der Waals surface area contributed by atoms with E-state index in [0.717, 1.165) is 30.5 Å². The largest absolute Gasteiger partial charge is 0.482 e. The summed E-state index contributed by atoms with van der Waals surface area (Å²) in [5.41, 5.74) is 4.37. The van der Waals surface area contributed by atoms with Crippen LogP contribution in [-0.4, -0.2) is 35.9 Å². The molecule has 0 unspecified atom stereocenters. The van der Waals surface area contributed by atoms with Crippen LogP contribution in [0.25, 0.3) is 0 Å². The first-order chi connectivity index (χ1) is 15.0. The van der Waals surface area contributed by atoms with Crippen molar-refractivity contribution in [1.29, 1.82) is 0 Å². The summed E-state index contributed by atoms with van der Waals surface area (Å²) < 4.78 is 5.15. The van der Waals surface area contributed by atoms with Crippen LogP contribution < -0.4 is 10.1 Å². The van der Waals surface area contributed by atoms with E-state index in [-0.39, 0.29) is 6.61 Å². The highest BCUT2D eigenvalue weighted by atomic mass is 35.5. The SMILES string of the molecule is O=C(O)COc1ccc(Cc2ccc(CCNC[C@H](O)c3cccc(Cl)c3)cc2)cc1. The van der Waals surface area contributed by atoms with Gasteiger partial charge in [0.15, 0.2) is 6.61 Å². The van der Waals surface area contributed by atoms with Gasteiger partial charge in [0.25, 0.3) is 0 Å². The lowest BCUT2D eigenvalue weighted by molar-refractivity contribution is -0.139. The first-order valence-corrected chi connectivity index (χ1v) is 10.5. The van der Waals surface area contributed by atoms with E-state index in [2.05, 4.69) is 29.6 Å². The number of carboxylic acid groups (broad SMARTS) is 1. The molecule has 5 nitrogen and oxygen atoms in total. The summed E-state index contributed by atoms with van der Waals surface area (Å²) in [5, 5.41) is 22.8. The van der Waals surface area contributed by atoms with Crippen molar-refractivity contribution in [3.63, 3.8) is 0 Å². The molecule has 0 aliphatic rings. The average Bonchev–Trinajstić information content (AvgIpc) is 2.77. The van der Waals surface area contributed by atoms with Crippen LogP contribution in [0.2, 0.25) is 5.02 Å². The Kier molecular flexibility index (Phi) is 8.47. The minimum absolute atomic E-state index is 0.338. The summed E-state index contributed by atoms with van der Waals surface area (Å²) in [4.78, 5) is 10.5. The van der Waals surface area contributed by atoms with Gasteiger partial charge in [0, 0.05) is 11.6 Å². The highest BCUT2D eigenvalue weighted by Gasteiger charge is 2.07. The maximum Gasteiger partial charge on any atom is 0.341 e. The molecule has 0 heterocycles. The van der Waals surface area contributed by atoms with Gasteiger partial charge < -0.3 is 20.3 Å². The number of nitrogens with one attached hydrogen (secondary N) is 1. The summed E-state index contributed by atoms with van der Waals surface area (Å²) in [6.07, 6.45) is 1.09. The van der Waals surface area contributed by atoms with Crippen molar-refractivity contribution in [3.8, 4) is 5.75 Å². The van der Waals surface area contributed by atoms with Crippen LogP contribution in [0.15, 0.2) is 72.8 Å². The fourth-order valence-electron chi connectivity index (χ4n) is 3.21. The zero-order valence-corrected chi connectivity index (χ0v) is 17.9. The molecule has 0 bridgehead atoms. The summed E-state index contributed by atoms with van der Waals surface area (Å²) in [7, 11) is 0. The van der Waals surface area contributed by atoms with Crippen LogP contribution in [0, 0.1) is 0 Å². The third-order valence-electron chi connectivity index (χ3n) is 4.88. The smallest absolute Gasteiger partial charge is 0.341 e. The predicted octanol–water partition coefficient (Wildman–Crippen LogP) is 4.26. The summed E-state index contributed by atoms with van der Waals surface area (Å²) in [6.45, 7) is 0.911. The number of halogens is 1. The highest BCUT2D eigenvalue weighted by molar-refractivity contribution is 6.30. The number of aliphatic carboxylic acids is 1. The van der Waals surface area contributed by atoms with Crippen LogP contribution in [0.4, 0.5) is 0 Å². The maximum atomic E-state index is 10.5. The molecule has 0 radical (unpaired) electrons. The van der Waals surface area contributed by atoms with Crippen molar-refractivity contribution >= 4 is 17.6 Å². The molecule has 1 atom stereocenters. The molecule has 3 aromatic carbocycles. The van der Waals surface area contributed by atoms with Gasteiger partial charge in [0.05, 0.1) is 6.10 Å². The monoisotopic (exact) mass is 439 g/mol. The molecular weight excluding hydrogens is 414 g/mol. The number of carbonyl (C=O) groups is 1. The quantitative estimate of drug-likeness (QED) is 0.389. The molecule has 0 spiro atoms. The molecule has 0 amide bonds. The zero-order valence-electron chi connectivity index (χ0n) is 17.1. The molecule has 0 aromatic heterocycles. The topological polar surface area (TPSA) is 78.8 Å². The zero-order chi connectivity index (χ0) is 22.1. The minimum Gasteiger partial charge on any atom is -0.482 e. The van der Waals surface area contributed by atoms with Gasteiger partial charge in [-0.05, 0) is 65.9 Å². The van der Waals surface area contributed by atoms with E-state index in [1.54, 1.807) is 24.3 Å². The Morgan fingerprint density at radius 2 is 1.61 bits per heavy atom. The van der Waals surface area contributed by atoms with Crippen molar-refractivity contribution in [3.05, 3.63) is 100 Å². The lowest BCUT2D eigenvalue weighted by atomic mass is 10.0. The predicted molar refractivity (Wildman–Crippen MR) is 122 cm³/mol. The van der Waals surface area contributed by atoms with Crippen LogP contribution in [0.5, 0.6) is 5.75 Å². The Labute approximate surface area is 187 Å². The number of rotatable bonds is 11. The van der Waals surface area contributed by atoms with Gasteiger partial charge in [0.1, 0.15) is 5.75 Å². The van der Waals surface area contributed by atoms with E-state index in [4.69, 9.17) is 21.4 Å². The highest BCUT2D eigenvalue weighted by Crippen LogP contribution is 2.18. The molecule has 162 valence electrons. The number of aliphatic hydroxyl groups is 1. The lowest BCUT2D eigenvalue weighted by Crippen LogP contribution is -2.23. The summed E-state index contributed by atoms with van der Waals surface area (Å²) in [6, 6.07) is 23.2. The standard InChI is InChI=1S/C25H26ClNO4/c26-22-3-1-2-21(15-22)24(28)16-27-13-12-18-4-6-19(7-5-18)14-20-8-10-23(11-9-20)31-17-25(29)30/h1-11,15,24,27-28H,12-14,16-17H2,(H,29,30)/t24-/m0/s1. The van der Waals surface area contributed by atoms with Crippen molar-refractivity contribution in [2.24, 2.45) is 0 Å². The Balaban J connectivity index is 1.41. The Bertz CT molecular complexity index is 974. The molecule has 0 aliphatic carbocycles. The normalized spacial score (nSPS) is 11.8. The number of hydrogen-bond acceptors (Lipinski definition) is 4. The van der Waals surface area contributed by atoms with Crippen molar-refractivity contribution in [1.82, 2.24) is 5.32 Å². The molecule has 3 N–H and O–H groups in total. The van der Waals surface area contributed by atoms with E-state index in [1.165, 1.54) is 11.1 Å². The third kappa shape index (κ3) is 7.72. The molecule has 3 aromatic rings. The average molecular weight is 440 g/mol. The van der Waals surface area contributed by atoms with E-state index in [1.807, 2.05) is 24.3 Å². The number of benzene rings is 3. The first kappa shape index (κ1) is 22.8. The van der Waals surface area contributed by atoms with Gasteiger partial charge in [-0.15, -0.1) is 0 Å². The van der Waals surface area contributed by atoms with E-state index in [0.29, 0.717) is 17.3 Å². The lowest BCUT2D eigenvalue weighted by Gasteiger charge is -2.12. The van der Waals surface area contributed by atoms with Gasteiger partial charge in [-0.3, -0.25) is 0 Å². The van der Waals surface area contributed by atoms with Gasteiger partial charge in [0.2, 0.25) is 0 Å². The molecule has 31 heavy (non-hydrogen) atoms. The fraction of sp³-hybridized carbons (Fsp3) is 0.240. The van der Waals surface area contributed by atoms with E-state index < -0.39 is 12.1 Å². The molecule has 0 saturated carbocycles. The molecule has 0 saturated heterocycles. The second kappa shape index (κ2) is 11.5. The fourth-order valence-corrected chi connectivity index (χ4v) is 3.41. The van der Waals surface area contributed by atoms with Gasteiger partial charge in [-0.1, -0.05) is 60.1 Å². The molecule has 3 rings (SSSR count). The van der Waals surface area contributed by atoms with Crippen LogP contribution in [-0.2, 0) is 17.6 Å². The van der Waals surface area contributed by atoms with Gasteiger partial charge in [-0.25, -0.2) is 4.79 Å². The Morgan fingerprint density at radius 3 is 2.26 bits per heavy atom. The van der Waals surface area contributed by atoms with Crippen LogP contribution in [0.1, 0.15) is 28.4 Å². The Morgan fingerprint density at radius 1 is 0.968 bits per heavy atom.